The molecule has 0 radical (unpaired) electrons. The van der Waals surface area contributed by atoms with Crippen LogP contribution >= 0.6 is 0 Å². The Bertz CT molecular complexity index is 498. The smallest absolute Gasteiger partial charge is 0.409 e. The predicted molar refractivity (Wildman–Crippen MR) is 64.7 cm³/mol. The highest BCUT2D eigenvalue weighted by Gasteiger charge is 2.21. The number of hydrogen-bond donors (Lipinski definition) is 1. The van der Waals surface area contributed by atoms with Gasteiger partial charge in [-0.05, 0) is 12.5 Å². The molecular weight excluding hydrogens is 232 g/mol. The Balaban J connectivity index is 2.18. The first-order valence-electron chi connectivity index (χ1n) is 5.55. The predicted octanol–water partition coefficient (Wildman–Crippen LogP) is 1.98. The van der Waals surface area contributed by atoms with Gasteiger partial charge in [-0.3, -0.25) is 4.90 Å². The standard InChI is InChI=1S/C12H14N4O2/c1-10(11-5-3-2-4-6-11)16(12(17)18)9-15-8-13-7-14-15/h2-8,10H,9H2,1H3,(H,17,18)/t10-/m0/s1. The molecule has 0 unspecified atom stereocenters. The highest BCUT2D eigenvalue weighted by atomic mass is 16.4. The van der Waals surface area contributed by atoms with E-state index in [9.17, 15) is 9.90 Å². The van der Waals surface area contributed by atoms with Crippen molar-refractivity contribution in [1.29, 1.82) is 0 Å². The van der Waals surface area contributed by atoms with E-state index in [2.05, 4.69) is 10.1 Å². The molecular formula is C12H14N4O2. The maximum atomic E-state index is 11.3. The second kappa shape index (κ2) is 5.31. The summed E-state index contributed by atoms with van der Waals surface area (Å²) in [7, 11) is 0. The van der Waals surface area contributed by atoms with E-state index >= 15 is 0 Å². The summed E-state index contributed by atoms with van der Waals surface area (Å²) < 4.78 is 1.48. The molecule has 0 saturated heterocycles. The fourth-order valence-electron chi connectivity index (χ4n) is 1.72. The van der Waals surface area contributed by atoms with Crippen LogP contribution in [0.2, 0.25) is 0 Å². The Morgan fingerprint density at radius 1 is 1.44 bits per heavy atom. The second-order valence-electron chi connectivity index (χ2n) is 3.92. The molecule has 0 aliphatic carbocycles. The molecule has 1 atom stereocenters. The number of aromatic nitrogens is 3. The Labute approximate surface area is 104 Å². The maximum Gasteiger partial charge on any atom is 0.409 e. The maximum absolute atomic E-state index is 11.3. The third-order valence-electron chi connectivity index (χ3n) is 2.76. The molecule has 6 nitrogen and oxygen atoms in total. The van der Waals surface area contributed by atoms with Crippen LogP contribution < -0.4 is 0 Å². The van der Waals surface area contributed by atoms with Crippen molar-refractivity contribution in [1.82, 2.24) is 19.7 Å². The molecule has 1 heterocycles. The van der Waals surface area contributed by atoms with Gasteiger partial charge in [0.2, 0.25) is 0 Å². The first kappa shape index (κ1) is 12.1. The van der Waals surface area contributed by atoms with Crippen LogP contribution in [0.25, 0.3) is 0 Å². The number of benzene rings is 1. The summed E-state index contributed by atoms with van der Waals surface area (Å²) in [5, 5.41) is 13.2. The molecule has 1 amide bonds. The zero-order valence-electron chi connectivity index (χ0n) is 9.97. The van der Waals surface area contributed by atoms with E-state index in [1.54, 1.807) is 0 Å². The topological polar surface area (TPSA) is 71.2 Å². The Kier molecular flexibility index (Phi) is 3.57. The molecule has 1 N–H and O–H groups in total. The lowest BCUT2D eigenvalue weighted by Crippen LogP contribution is -2.34. The lowest BCUT2D eigenvalue weighted by atomic mass is 10.1. The molecule has 0 aliphatic heterocycles. The largest absolute Gasteiger partial charge is 0.465 e. The van der Waals surface area contributed by atoms with Gasteiger partial charge in [0.15, 0.2) is 0 Å². The number of carbonyl (C=O) groups is 1. The van der Waals surface area contributed by atoms with Crippen molar-refractivity contribution in [2.24, 2.45) is 0 Å². The molecule has 1 aromatic heterocycles. The minimum atomic E-state index is -0.984. The molecule has 0 bridgehead atoms. The zero-order valence-corrected chi connectivity index (χ0v) is 9.97. The molecule has 18 heavy (non-hydrogen) atoms. The van der Waals surface area contributed by atoms with Crippen LogP contribution in [0.5, 0.6) is 0 Å². The van der Waals surface area contributed by atoms with Crippen LogP contribution in [-0.4, -0.2) is 30.9 Å². The second-order valence-corrected chi connectivity index (χ2v) is 3.92. The van der Waals surface area contributed by atoms with Crippen molar-refractivity contribution in [3.63, 3.8) is 0 Å². The summed E-state index contributed by atoms with van der Waals surface area (Å²) in [6.45, 7) is 2.01. The normalized spacial score (nSPS) is 12.1. The van der Waals surface area contributed by atoms with Crippen LogP contribution in [0, 0.1) is 0 Å². The van der Waals surface area contributed by atoms with E-state index in [1.165, 1.54) is 22.2 Å². The van der Waals surface area contributed by atoms with Crippen molar-refractivity contribution in [3.05, 3.63) is 48.5 Å². The highest BCUT2D eigenvalue weighted by molar-refractivity contribution is 5.65. The molecule has 0 fully saturated rings. The van der Waals surface area contributed by atoms with Crippen molar-refractivity contribution in [2.45, 2.75) is 19.6 Å². The molecule has 94 valence electrons. The molecule has 0 aliphatic rings. The number of amides is 1. The van der Waals surface area contributed by atoms with Gasteiger partial charge >= 0.3 is 6.09 Å². The van der Waals surface area contributed by atoms with Crippen LogP contribution in [0.3, 0.4) is 0 Å². The van der Waals surface area contributed by atoms with Gasteiger partial charge in [0.25, 0.3) is 0 Å². The monoisotopic (exact) mass is 246 g/mol. The van der Waals surface area contributed by atoms with Crippen LogP contribution in [0.4, 0.5) is 4.79 Å². The minimum Gasteiger partial charge on any atom is -0.465 e. The van der Waals surface area contributed by atoms with E-state index in [4.69, 9.17) is 0 Å². The van der Waals surface area contributed by atoms with E-state index in [0.29, 0.717) is 0 Å². The zero-order chi connectivity index (χ0) is 13.0. The van der Waals surface area contributed by atoms with Gasteiger partial charge in [-0.25, -0.2) is 14.5 Å². The molecule has 6 heteroatoms. The number of hydrogen-bond acceptors (Lipinski definition) is 3. The molecule has 2 rings (SSSR count). The Hall–Kier alpha value is -2.37. The average molecular weight is 246 g/mol. The van der Waals surface area contributed by atoms with Crippen LogP contribution in [0.1, 0.15) is 18.5 Å². The summed E-state index contributed by atoms with van der Waals surface area (Å²) in [6.07, 6.45) is 1.89. The first-order chi connectivity index (χ1) is 8.68. The fourth-order valence-corrected chi connectivity index (χ4v) is 1.72. The third kappa shape index (κ3) is 2.65. The highest BCUT2D eigenvalue weighted by Crippen LogP contribution is 2.20. The van der Waals surface area contributed by atoms with Crippen molar-refractivity contribution in [2.75, 3.05) is 0 Å². The van der Waals surface area contributed by atoms with Gasteiger partial charge in [-0.1, -0.05) is 30.3 Å². The van der Waals surface area contributed by atoms with E-state index in [1.807, 2.05) is 37.3 Å². The third-order valence-corrected chi connectivity index (χ3v) is 2.76. The Morgan fingerprint density at radius 2 is 2.17 bits per heavy atom. The van der Waals surface area contributed by atoms with Gasteiger partial charge in [-0.15, -0.1) is 0 Å². The van der Waals surface area contributed by atoms with Crippen LogP contribution in [-0.2, 0) is 6.67 Å². The Morgan fingerprint density at radius 3 is 2.72 bits per heavy atom. The van der Waals surface area contributed by atoms with Crippen molar-refractivity contribution >= 4 is 6.09 Å². The molecule has 1 aromatic carbocycles. The average Bonchev–Trinajstić information content (AvgIpc) is 2.89. The molecule has 0 spiro atoms. The lowest BCUT2D eigenvalue weighted by Gasteiger charge is -2.26. The van der Waals surface area contributed by atoms with Gasteiger partial charge in [0.1, 0.15) is 19.3 Å². The van der Waals surface area contributed by atoms with Crippen molar-refractivity contribution in [3.8, 4) is 0 Å². The minimum absolute atomic E-state index is 0.158. The van der Waals surface area contributed by atoms with Gasteiger partial charge in [0.05, 0.1) is 6.04 Å². The summed E-state index contributed by atoms with van der Waals surface area (Å²) in [5.41, 5.74) is 0.944. The summed E-state index contributed by atoms with van der Waals surface area (Å²) >= 11 is 0. The summed E-state index contributed by atoms with van der Waals surface area (Å²) in [5.74, 6) is 0. The quantitative estimate of drug-likeness (QED) is 0.895. The number of nitrogens with zero attached hydrogens (tertiary/aromatic N) is 4. The molecule has 0 saturated carbocycles. The molecule has 2 aromatic rings. The SMILES string of the molecule is C[C@@H](c1ccccc1)N(Cn1cncn1)C(=O)O. The van der Waals surface area contributed by atoms with Gasteiger partial charge in [0, 0.05) is 0 Å². The van der Waals surface area contributed by atoms with E-state index < -0.39 is 6.09 Å². The number of rotatable bonds is 4. The summed E-state index contributed by atoms with van der Waals surface area (Å²) in [4.78, 5) is 16.4. The van der Waals surface area contributed by atoms with Crippen LogP contribution in [0.15, 0.2) is 43.0 Å². The fraction of sp³-hybridized carbons (Fsp3) is 0.250. The van der Waals surface area contributed by atoms with E-state index in [0.717, 1.165) is 5.56 Å². The number of carboxylic acid groups (broad SMARTS) is 1. The lowest BCUT2D eigenvalue weighted by molar-refractivity contribution is 0.107. The van der Waals surface area contributed by atoms with Gasteiger partial charge in [-0.2, -0.15) is 5.10 Å². The first-order valence-corrected chi connectivity index (χ1v) is 5.55. The van der Waals surface area contributed by atoms with E-state index in [-0.39, 0.29) is 12.7 Å². The summed E-state index contributed by atoms with van der Waals surface area (Å²) in [6, 6.07) is 9.25. The van der Waals surface area contributed by atoms with Crippen molar-refractivity contribution < 1.29 is 9.90 Å². The van der Waals surface area contributed by atoms with Gasteiger partial charge < -0.3 is 5.11 Å².